The minimum Gasteiger partial charge on any atom is -0.370 e. The number of hydrogen-bond donors (Lipinski definition) is 2. The van der Waals surface area contributed by atoms with Crippen molar-refractivity contribution < 1.29 is 0 Å². The summed E-state index contributed by atoms with van der Waals surface area (Å²) in [5.41, 5.74) is 7.51. The van der Waals surface area contributed by atoms with E-state index in [0.29, 0.717) is 18.1 Å². The molecule has 0 spiro atoms. The van der Waals surface area contributed by atoms with Crippen LogP contribution in [0.4, 0.5) is 0 Å². The molecule has 1 aliphatic carbocycles. The summed E-state index contributed by atoms with van der Waals surface area (Å²) in [6.07, 6.45) is 3.94. The van der Waals surface area contributed by atoms with Gasteiger partial charge in [0, 0.05) is 6.54 Å². The highest BCUT2D eigenvalue weighted by Gasteiger charge is 2.16. The quantitative estimate of drug-likeness (QED) is 0.624. The second-order valence-electron chi connectivity index (χ2n) is 4.69. The van der Waals surface area contributed by atoms with Crippen LogP contribution in [0.15, 0.2) is 29.3 Å². The van der Waals surface area contributed by atoms with Gasteiger partial charge < -0.3 is 11.1 Å². The SMILES string of the molecule is N#Cc1ccc(CN=C(N)NCC2CCC2)cc1. The van der Waals surface area contributed by atoms with Crippen molar-refractivity contribution in [2.45, 2.75) is 25.8 Å². The maximum absolute atomic E-state index is 8.69. The predicted octanol–water partition coefficient (Wildman–Crippen LogP) is 1.76. The Labute approximate surface area is 108 Å². The van der Waals surface area contributed by atoms with Crippen LogP contribution in [-0.2, 0) is 6.54 Å². The maximum atomic E-state index is 8.69. The molecule has 1 aromatic carbocycles. The second kappa shape index (κ2) is 6.06. The van der Waals surface area contributed by atoms with E-state index in [4.69, 9.17) is 11.0 Å². The fourth-order valence-electron chi connectivity index (χ4n) is 1.86. The van der Waals surface area contributed by atoms with Crippen LogP contribution in [0.1, 0.15) is 30.4 Å². The average molecular weight is 242 g/mol. The molecule has 94 valence electrons. The molecule has 4 nitrogen and oxygen atoms in total. The lowest BCUT2D eigenvalue weighted by Gasteiger charge is -2.25. The molecule has 0 aromatic heterocycles. The zero-order valence-electron chi connectivity index (χ0n) is 10.4. The van der Waals surface area contributed by atoms with Crippen molar-refractivity contribution in [2.24, 2.45) is 16.6 Å². The molecule has 2 rings (SSSR count). The van der Waals surface area contributed by atoms with Gasteiger partial charge in [0.25, 0.3) is 0 Å². The summed E-state index contributed by atoms with van der Waals surface area (Å²) < 4.78 is 0. The molecule has 0 heterocycles. The van der Waals surface area contributed by atoms with E-state index >= 15 is 0 Å². The van der Waals surface area contributed by atoms with Gasteiger partial charge in [-0.05, 0) is 36.5 Å². The van der Waals surface area contributed by atoms with Crippen LogP contribution in [0.5, 0.6) is 0 Å². The Kier molecular flexibility index (Phi) is 4.19. The lowest BCUT2D eigenvalue weighted by molar-refractivity contribution is 0.315. The average Bonchev–Trinajstić information content (AvgIpc) is 2.35. The number of benzene rings is 1. The number of nitrogens with two attached hydrogens (primary N) is 1. The lowest BCUT2D eigenvalue weighted by atomic mass is 9.85. The first-order chi connectivity index (χ1) is 8.78. The Morgan fingerprint density at radius 1 is 1.39 bits per heavy atom. The summed E-state index contributed by atoms with van der Waals surface area (Å²) in [5, 5.41) is 11.8. The lowest BCUT2D eigenvalue weighted by Crippen LogP contribution is -2.37. The van der Waals surface area contributed by atoms with Gasteiger partial charge in [0.15, 0.2) is 5.96 Å². The summed E-state index contributed by atoms with van der Waals surface area (Å²) in [6, 6.07) is 9.49. The molecule has 1 aliphatic rings. The Morgan fingerprint density at radius 2 is 2.11 bits per heavy atom. The molecule has 1 fully saturated rings. The third-order valence-electron chi connectivity index (χ3n) is 3.31. The van der Waals surface area contributed by atoms with Crippen molar-refractivity contribution in [3.63, 3.8) is 0 Å². The highest BCUT2D eigenvalue weighted by Crippen LogP contribution is 2.24. The van der Waals surface area contributed by atoms with Gasteiger partial charge in [-0.15, -0.1) is 0 Å². The van der Waals surface area contributed by atoms with E-state index in [1.165, 1.54) is 19.3 Å². The molecule has 0 atom stereocenters. The fourth-order valence-corrected chi connectivity index (χ4v) is 1.86. The standard InChI is InChI=1S/C14H18N4/c15-8-11-4-6-13(7-5-11)10-18-14(16)17-9-12-2-1-3-12/h4-7,12H,1-3,9-10H2,(H3,16,17,18). The third kappa shape index (κ3) is 3.49. The summed E-state index contributed by atoms with van der Waals surface area (Å²) in [6.45, 7) is 1.48. The summed E-state index contributed by atoms with van der Waals surface area (Å²) in [4.78, 5) is 4.28. The molecule has 1 aromatic rings. The topological polar surface area (TPSA) is 74.2 Å². The smallest absolute Gasteiger partial charge is 0.188 e. The Bertz CT molecular complexity index is 452. The van der Waals surface area contributed by atoms with Gasteiger partial charge in [0.05, 0.1) is 18.2 Å². The first kappa shape index (κ1) is 12.4. The van der Waals surface area contributed by atoms with Crippen LogP contribution in [0.2, 0.25) is 0 Å². The molecule has 0 saturated heterocycles. The van der Waals surface area contributed by atoms with E-state index < -0.39 is 0 Å². The summed E-state index contributed by atoms with van der Waals surface area (Å²) in [5.74, 6) is 1.28. The Morgan fingerprint density at radius 3 is 2.67 bits per heavy atom. The molecule has 0 radical (unpaired) electrons. The van der Waals surface area contributed by atoms with E-state index in [-0.39, 0.29) is 0 Å². The van der Waals surface area contributed by atoms with E-state index in [2.05, 4.69) is 16.4 Å². The number of nitrogens with zero attached hydrogens (tertiary/aromatic N) is 2. The first-order valence-corrected chi connectivity index (χ1v) is 6.31. The molecule has 0 amide bonds. The van der Waals surface area contributed by atoms with Gasteiger partial charge in [-0.25, -0.2) is 4.99 Å². The molecule has 3 N–H and O–H groups in total. The molecule has 18 heavy (non-hydrogen) atoms. The van der Waals surface area contributed by atoms with Crippen molar-refractivity contribution in [3.05, 3.63) is 35.4 Å². The van der Waals surface area contributed by atoms with E-state index in [1.54, 1.807) is 12.1 Å². The van der Waals surface area contributed by atoms with Gasteiger partial charge in [0.2, 0.25) is 0 Å². The Hall–Kier alpha value is -2.02. The number of aliphatic imine (C=N–C) groups is 1. The van der Waals surface area contributed by atoms with Gasteiger partial charge in [-0.3, -0.25) is 0 Å². The van der Waals surface area contributed by atoms with Crippen LogP contribution in [-0.4, -0.2) is 12.5 Å². The Balaban J connectivity index is 1.78. The first-order valence-electron chi connectivity index (χ1n) is 6.31. The van der Waals surface area contributed by atoms with Crippen molar-refractivity contribution in [1.82, 2.24) is 5.32 Å². The maximum Gasteiger partial charge on any atom is 0.188 e. The highest BCUT2D eigenvalue weighted by atomic mass is 15.1. The molecule has 0 aliphatic heterocycles. The van der Waals surface area contributed by atoms with Crippen LogP contribution in [0, 0.1) is 17.2 Å². The number of guanidine groups is 1. The van der Waals surface area contributed by atoms with Crippen molar-refractivity contribution >= 4 is 5.96 Å². The predicted molar refractivity (Wildman–Crippen MR) is 71.8 cm³/mol. The van der Waals surface area contributed by atoms with Gasteiger partial charge >= 0.3 is 0 Å². The van der Waals surface area contributed by atoms with E-state index in [1.807, 2.05) is 12.1 Å². The van der Waals surface area contributed by atoms with Crippen molar-refractivity contribution in [2.75, 3.05) is 6.54 Å². The van der Waals surface area contributed by atoms with Crippen LogP contribution in [0.25, 0.3) is 0 Å². The zero-order chi connectivity index (χ0) is 12.8. The van der Waals surface area contributed by atoms with Gasteiger partial charge in [-0.2, -0.15) is 5.26 Å². The number of hydrogen-bond acceptors (Lipinski definition) is 2. The molecule has 0 unspecified atom stereocenters. The molecular weight excluding hydrogens is 224 g/mol. The molecule has 0 bridgehead atoms. The van der Waals surface area contributed by atoms with Crippen LogP contribution < -0.4 is 11.1 Å². The van der Waals surface area contributed by atoms with Crippen molar-refractivity contribution in [3.8, 4) is 6.07 Å². The fraction of sp³-hybridized carbons (Fsp3) is 0.429. The van der Waals surface area contributed by atoms with Crippen LogP contribution in [0.3, 0.4) is 0 Å². The van der Waals surface area contributed by atoms with E-state index in [9.17, 15) is 0 Å². The molecular formula is C14H18N4. The van der Waals surface area contributed by atoms with Crippen molar-refractivity contribution in [1.29, 1.82) is 5.26 Å². The number of nitrogens with one attached hydrogen (secondary N) is 1. The third-order valence-corrected chi connectivity index (χ3v) is 3.31. The normalized spacial score (nSPS) is 15.8. The molecule has 4 heteroatoms. The number of rotatable bonds is 4. The minimum absolute atomic E-state index is 0.506. The molecule has 1 saturated carbocycles. The second-order valence-corrected chi connectivity index (χ2v) is 4.69. The van der Waals surface area contributed by atoms with Gasteiger partial charge in [-0.1, -0.05) is 18.6 Å². The number of nitriles is 1. The van der Waals surface area contributed by atoms with Gasteiger partial charge in [0.1, 0.15) is 0 Å². The largest absolute Gasteiger partial charge is 0.370 e. The summed E-state index contributed by atoms with van der Waals surface area (Å²) in [7, 11) is 0. The van der Waals surface area contributed by atoms with Crippen LogP contribution >= 0.6 is 0 Å². The van der Waals surface area contributed by atoms with E-state index in [0.717, 1.165) is 18.0 Å². The summed E-state index contributed by atoms with van der Waals surface area (Å²) >= 11 is 0. The minimum atomic E-state index is 0.506. The highest BCUT2D eigenvalue weighted by molar-refractivity contribution is 5.77. The monoisotopic (exact) mass is 242 g/mol. The zero-order valence-corrected chi connectivity index (χ0v) is 10.4.